The number of anilines is 1. The van der Waals surface area contributed by atoms with Gasteiger partial charge in [0, 0.05) is 50.0 Å². The topological polar surface area (TPSA) is 61.6 Å². The van der Waals surface area contributed by atoms with E-state index in [4.69, 9.17) is 9.47 Å². The first-order valence-corrected chi connectivity index (χ1v) is 11.3. The molecular weight excluding hydrogens is 400 g/mol. The van der Waals surface area contributed by atoms with Crippen molar-refractivity contribution in [2.24, 2.45) is 0 Å². The summed E-state index contributed by atoms with van der Waals surface area (Å²) in [5.41, 5.74) is 2.80. The summed E-state index contributed by atoms with van der Waals surface area (Å²) < 4.78 is 12.1. The second-order valence-corrected chi connectivity index (χ2v) is 10.1. The molecule has 0 aliphatic carbocycles. The van der Waals surface area contributed by atoms with Crippen LogP contribution in [0, 0.1) is 11.3 Å². The normalized spacial score (nSPS) is 15.5. The Hall–Kier alpha value is -2.62. The van der Waals surface area contributed by atoms with E-state index in [0.717, 1.165) is 37.3 Å². The number of nitriles is 1. The maximum Gasteiger partial charge on any atom is 0.232 e. The van der Waals surface area contributed by atoms with Gasteiger partial charge in [-0.2, -0.15) is 5.26 Å². The molecule has 0 bridgehead atoms. The van der Waals surface area contributed by atoms with Gasteiger partial charge in [-0.1, -0.05) is 12.1 Å². The van der Waals surface area contributed by atoms with E-state index in [2.05, 4.69) is 52.2 Å². The van der Waals surface area contributed by atoms with Crippen LogP contribution in [0.25, 0.3) is 11.1 Å². The molecule has 3 rings (SSSR count). The van der Waals surface area contributed by atoms with Crippen LogP contribution in [0.2, 0.25) is 0 Å². The number of pyridine rings is 1. The highest BCUT2D eigenvalue weighted by atomic mass is 16.5. The van der Waals surface area contributed by atoms with Crippen molar-refractivity contribution < 1.29 is 9.47 Å². The van der Waals surface area contributed by atoms with E-state index in [1.165, 1.54) is 5.69 Å². The van der Waals surface area contributed by atoms with Gasteiger partial charge in [-0.25, -0.2) is 4.98 Å². The minimum absolute atomic E-state index is 0.192. The molecular formula is C26H36N4O2. The number of rotatable bonds is 7. The number of hydrogen-bond acceptors (Lipinski definition) is 6. The summed E-state index contributed by atoms with van der Waals surface area (Å²) >= 11 is 0. The van der Waals surface area contributed by atoms with E-state index < -0.39 is 5.60 Å². The van der Waals surface area contributed by atoms with E-state index in [0.29, 0.717) is 24.5 Å². The molecule has 1 aliphatic rings. The van der Waals surface area contributed by atoms with Crippen molar-refractivity contribution in [2.45, 2.75) is 52.2 Å². The molecule has 0 N–H and O–H groups in total. The van der Waals surface area contributed by atoms with E-state index in [1.54, 1.807) is 6.20 Å². The molecule has 0 spiro atoms. The van der Waals surface area contributed by atoms with Crippen LogP contribution in [-0.2, 0) is 4.74 Å². The first-order chi connectivity index (χ1) is 15.1. The fourth-order valence-electron chi connectivity index (χ4n) is 3.70. The Morgan fingerprint density at radius 1 is 1.00 bits per heavy atom. The summed E-state index contributed by atoms with van der Waals surface area (Å²) in [6.45, 7) is 14.9. The molecule has 0 radical (unpaired) electrons. The molecule has 1 saturated heterocycles. The monoisotopic (exact) mass is 436 g/mol. The third-order valence-electron chi connectivity index (χ3n) is 5.69. The maximum absolute atomic E-state index is 9.92. The van der Waals surface area contributed by atoms with Crippen molar-refractivity contribution in [3.63, 3.8) is 0 Å². The number of nitrogens with zero attached hydrogens (tertiary/aromatic N) is 4. The van der Waals surface area contributed by atoms with E-state index >= 15 is 0 Å². The second kappa shape index (κ2) is 9.89. The Balaban J connectivity index is 1.76. The van der Waals surface area contributed by atoms with Crippen molar-refractivity contribution in [3.8, 4) is 23.1 Å². The van der Waals surface area contributed by atoms with Gasteiger partial charge in [0.2, 0.25) is 5.88 Å². The molecule has 6 nitrogen and oxygen atoms in total. The number of aromatic nitrogens is 1. The maximum atomic E-state index is 9.92. The lowest BCUT2D eigenvalue weighted by atomic mass is 10.0. The third-order valence-corrected chi connectivity index (χ3v) is 5.69. The highest BCUT2D eigenvalue weighted by molar-refractivity contribution is 5.73. The molecule has 2 heterocycles. The van der Waals surface area contributed by atoms with Gasteiger partial charge in [-0.3, -0.25) is 0 Å². The van der Waals surface area contributed by atoms with Gasteiger partial charge in [0.1, 0.15) is 17.2 Å². The molecule has 1 aliphatic heterocycles. The van der Waals surface area contributed by atoms with Crippen LogP contribution in [0.15, 0.2) is 36.5 Å². The first-order valence-electron chi connectivity index (χ1n) is 11.3. The van der Waals surface area contributed by atoms with Crippen LogP contribution < -0.4 is 9.64 Å². The van der Waals surface area contributed by atoms with Gasteiger partial charge in [-0.15, -0.1) is 0 Å². The summed E-state index contributed by atoms with van der Waals surface area (Å²) in [5.74, 6) is 0.369. The van der Waals surface area contributed by atoms with Crippen molar-refractivity contribution in [1.82, 2.24) is 9.88 Å². The summed E-state index contributed by atoms with van der Waals surface area (Å²) in [6, 6.07) is 12.6. The number of benzene rings is 1. The number of hydrogen-bond donors (Lipinski definition) is 0. The first kappa shape index (κ1) is 24.0. The molecule has 1 fully saturated rings. The van der Waals surface area contributed by atoms with Crippen LogP contribution in [0.1, 0.15) is 46.6 Å². The molecule has 0 atom stereocenters. The summed E-state index contributed by atoms with van der Waals surface area (Å²) in [7, 11) is 2.16. The van der Waals surface area contributed by atoms with Gasteiger partial charge in [0.15, 0.2) is 0 Å². The molecule has 1 aromatic heterocycles. The van der Waals surface area contributed by atoms with E-state index in [1.807, 2.05) is 40.7 Å². The molecule has 32 heavy (non-hydrogen) atoms. The van der Waals surface area contributed by atoms with Gasteiger partial charge < -0.3 is 19.3 Å². The van der Waals surface area contributed by atoms with Gasteiger partial charge in [0.25, 0.3) is 0 Å². The van der Waals surface area contributed by atoms with Gasteiger partial charge >= 0.3 is 0 Å². The zero-order chi connectivity index (χ0) is 23.4. The fourth-order valence-corrected chi connectivity index (χ4v) is 3.70. The average molecular weight is 437 g/mol. The summed E-state index contributed by atoms with van der Waals surface area (Å²) in [5, 5.41) is 9.92. The van der Waals surface area contributed by atoms with Gasteiger partial charge in [0.05, 0.1) is 12.2 Å². The van der Waals surface area contributed by atoms with E-state index in [-0.39, 0.29) is 5.60 Å². The summed E-state index contributed by atoms with van der Waals surface area (Å²) in [4.78, 5) is 9.12. The van der Waals surface area contributed by atoms with Crippen molar-refractivity contribution in [3.05, 3.63) is 42.1 Å². The standard InChI is InChI=1S/C26H36N4O2/c1-25(2,3)31-18-12-26(4,5)32-24-23(19-27)22(11-13-28-24)20-7-9-21(10-8-20)30-16-14-29(6)15-17-30/h7-11,13H,12,14-18H2,1-6H3. The molecule has 0 saturated carbocycles. The number of piperazine rings is 1. The predicted molar refractivity (Wildman–Crippen MR) is 129 cm³/mol. The SMILES string of the molecule is CN1CCN(c2ccc(-c3ccnc(OC(C)(C)CCOC(C)(C)C)c3C#N)cc2)CC1. The lowest BCUT2D eigenvalue weighted by Crippen LogP contribution is -2.44. The van der Waals surface area contributed by atoms with Crippen LogP contribution in [0.5, 0.6) is 5.88 Å². The second-order valence-electron chi connectivity index (χ2n) is 10.1. The van der Waals surface area contributed by atoms with Crippen LogP contribution in [0.3, 0.4) is 0 Å². The van der Waals surface area contributed by atoms with Crippen molar-refractivity contribution >= 4 is 5.69 Å². The van der Waals surface area contributed by atoms with Crippen LogP contribution in [0.4, 0.5) is 5.69 Å². The Bertz CT molecular complexity index is 934. The molecule has 1 aromatic carbocycles. The largest absolute Gasteiger partial charge is 0.471 e. The molecule has 172 valence electrons. The van der Waals surface area contributed by atoms with Crippen molar-refractivity contribution in [1.29, 1.82) is 5.26 Å². The molecule has 2 aromatic rings. The van der Waals surface area contributed by atoms with E-state index in [9.17, 15) is 5.26 Å². The Kier molecular flexibility index (Phi) is 7.43. The van der Waals surface area contributed by atoms with Crippen molar-refractivity contribution in [2.75, 3.05) is 44.7 Å². The average Bonchev–Trinajstić information content (AvgIpc) is 2.73. The quantitative estimate of drug-likeness (QED) is 0.625. The van der Waals surface area contributed by atoms with Crippen LogP contribution in [-0.4, -0.2) is 60.9 Å². The number of likely N-dealkylation sites (N-methyl/N-ethyl adjacent to an activating group) is 1. The third kappa shape index (κ3) is 6.44. The zero-order valence-corrected chi connectivity index (χ0v) is 20.3. The minimum Gasteiger partial charge on any atom is -0.471 e. The molecule has 6 heteroatoms. The lowest BCUT2D eigenvalue weighted by Gasteiger charge is -2.34. The van der Waals surface area contributed by atoms with Crippen LogP contribution >= 0.6 is 0 Å². The molecule has 0 amide bonds. The Morgan fingerprint density at radius 2 is 1.66 bits per heavy atom. The minimum atomic E-state index is -0.506. The van der Waals surface area contributed by atoms with Gasteiger partial charge in [-0.05, 0) is 65.4 Å². The predicted octanol–water partition coefficient (Wildman–Crippen LogP) is 4.73. The molecule has 0 unspecified atom stereocenters. The number of ether oxygens (including phenoxy) is 2. The zero-order valence-electron chi connectivity index (χ0n) is 20.3. The highest BCUT2D eigenvalue weighted by Gasteiger charge is 2.25. The fraction of sp³-hybridized carbons (Fsp3) is 0.538. The Morgan fingerprint density at radius 3 is 2.25 bits per heavy atom. The summed E-state index contributed by atoms with van der Waals surface area (Å²) in [6.07, 6.45) is 2.41. The highest BCUT2D eigenvalue weighted by Crippen LogP contribution is 2.32. The smallest absolute Gasteiger partial charge is 0.232 e. The Labute approximate surface area is 192 Å². The lowest BCUT2D eigenvalue weighted by molar-refractivity contribution is -0.0300.